The Bertz CT molecular complexity index is 2760. The van der Waals surface area contributed by atoms with Gasteiger partial charge < -0.3 is 4.42 Å². The molecule has 3 aromatic heterocycles. The average molecular weight is 632 g/mol. The summed E-state index contributed by atoms with van der Waals surface area (Å²) in [6.07, 6.45) is 0. The van der Waals surface area contributed by atoms with Crippen LogP contribution >= 0.6 is 11.3 Å². The Balaban J connectivity index is 1.26. The maximum Gasteiger partial charge on any atom is 0.167 e. The van der Waals surface area contributed by atoms with Gasteiger partial charge in [-0.25, -0.2) is 15.0 Å². The molecule has 0 aliphatic heterocycles. The second-order valence-electron chi connectivity index (χ2n) is 11.5. The molecular formula is C41H21N5OS. The van der Waals surface area contributed by atoms with E-state index in [1.165, 1.54) is 20.2 Å². The minimum absolute atomic E-state index is 0.416. The van der Waals surface area contributed by atoms with Crippen LogP contribution in [0, 0.1) is 22.7 Å². The van der Waals surface area contributed by atoms with Crippen molar-refractivity contribution in [3.8, 4) is 57.4 Å². The van der Waals surface area contributed by atoms with Crippen molar-refractivity contribution in [2.75, 3.05) is 0 Å². The molecule has 0 saturated carbocycles. The van der Waals surface area contributed by atoms with E-state index in [9.17, 15) is 10.5 Å². The first-order valence-electron chi connectivity index (χ1n) is 15.3. The molecule has 0 bridgehead atoms. The first kappa shape index (κ1) is 27.6. The fourth-order valence-electron chi connectivity index (χ4n) is 6.37. The Morgan fingerprint density at radius 2 is 1.12 bits per heavy atom. The highest BCUT2D eigenvalue weighted by molar-refractivity contribution is 7.25. The Morgan fingerprint density at radius 3 is 1.88 bits per heavy atom. The molecule has 0 aliphatic carbocycles. The van der Waals surface area contributed by atoms with Crippen LogP contribution in [-0.2, 0) is 0 Å². The van der Waals surface area contributed by atoms with Crippen LogP contribution in [-0.4, -0.2) is 15.0 Å². The number of aromatic nitrogens is 3. The van der Waals surface area contributed by atoms with Gasteiger partial charge in [0.25, 0.3) is 0 Å². The maximum atomic E-state index is 9.57. The molecule has 48 heavy (non-hydrogen) atoms. The van der Waals surface area contributed by atoms with E-state index in [1.54, 1.807) is 35.6 Å². The first-order chi connectivity index (χ1) is 23.7. The summed E-state index contributed by atoms with van der Waals surface area (Å²) in [6.45, 7) is 0. The molecule has 9 aromatic rings. The second kappa shape index (κ2) is 11.0. The van der Waals surface area contributed by atoms with Crippen molar-refractivity contribution in [2.45, 2.75) is 0 Å². The molecule has 0 N–H and O–H groups in total. The summed E-state index contributed by atoms with van der Waals surface area (Å²) < 4.78 is 9.15. The lowest BCUT2D eigenvalue weighted by Gasteiger charge is -2.09. The predicted octanol–water partition coefficient (Wildman–Crippen LogP) is 10.6. The number of para-hydroxylation sites is 1. The summed E-state index contributed by atoms with van der Waals surface area (Å²) in [5, 5.41) is 23.6. The number of fused-ring (bicyclic) bond motifs is 6. The molecule has 7 heteroatoms. The van der Waals surface area contributed by atoms with E-state index in [0.29, 0.717) is 50.9 Å². The summed E-state index contributed by atoms with van der Waals surface area (Å²) >= 11 is 1.81. The number of hydrogen-bond acceptors (Lipinski definition) is 7. The Kier molecular flexibility index (Phi) is 6.33. The normalized spacial score (nSPS) is 11.3. The zero-order valence-corrected chi connectivity index (χ0v) is 26.0. The molecule has 0 spiro atoms. The molecular weight excluding hydrogens is 611 g/mol. The Labute approximate surface area is 278 Å². The van der Waals surface area contributed by atoms with Gasteiger partial charge in [-0.3, -0.25) is 0 Å². The minimum Gasteiger partial charge on any atom is -0.455 e. The quantitative estimate of drug-likeness (QED) is 0.192. The first-order valence-corrected chi connectivity index (χ1v) is 16.1. The summed E-state index contributed by atoms with van der Waals surface area (Å²) in [5.41, 5.74) is 6.72. The molecule has 0 amide bonds. The zero-order valence-electron chi connectivity index (χ0n) is 25.2. The number of thiophene rings is 1. The van der Waals surface area contributed by atoms with Crippen LogP contribution in [0.2, 0.25) is 0 Å². The fourth-order valence-corrected chi connectivity index (χ4v) is 7.45. The van der Waals surface area contributed by atoms with Crippen molar-refractivity contribution < 1.29 is 4.42 Å². The number of nitriles is 2. The van der Waals surface area contributed by atoms with Crippen molar-refractivity contribution in [1.82, 2.24) is 15.0 Å². The third kappa shape index (κ3) is 4.50. The summed E-state index contributed by atoms with van der Waals surface area (Å²) in [7, 11) is 0. The SMILES string of the molecule is N#Cc1cccc(-c2nc(-c3cccc(C#N)c3)nc(-c3cccc4c3oc3cccc(-c5ccc6sc7ccccc7c6c5)c34)n2)c1. The van der Waals surface area contributed by atoms with Crippen LogP contribution in [0.25, 0.3) is 87.4 Å². The van der Waals surface area contributed by atoms with Gasteiger partial charge >= 0.3 is 0 Å². The Morgan fingerprint density at radius 1 is 0.500 bits per heavy atom. The molecule has 0 aliphatic rings. The van der Waals surface area contributed by atoms with E-state index in [4.69, 9.17) is 19.4 Å². The highest BCUT2D eigenvalue weighted by atomic mass is 32.1. The molecule has 222 valence electrons. The fraction of sp³-hybridized carbons (Fsp3) is 0. The van der Waals surface area contributed by atoms with Gasteiger partial charge in [0, 0.05) is 42.1 Å². The van der Waals surface area contributed by atoms with Crippen LogP contribution in [0.15, 0.2) is 132 Å². The summed E-state index contributed by atoms with van der Waals surface area (Å²) in [6, 6.07) is 46.1. The van der Waals surface area contributed by atoms with Crippen molar-refractivity contribution in [1.29, 1.82) is 10.5 Å². The van der Waals surface area contributed by atoms with Gasteiger partial charge in [-0.05, 0) is 65.7 Å². The number of furan rings is 1. The molecule has 6 nitrogen and oxygen atoms in total. The van der Waals surface area contributed by atoms with Crippen LogP contribution in [0.5, 0.6) is 0 Å². The number of benzene rings is 6. The topological polar surface area (TPSA) is 99.4 Å². The van der Waals surface area contributed by atoms with Crippen LogP contribution in [0.3, 0.4) is 0 Å². The second-order valence-corrected chi connectivity index (χ2v) is 12.5. The number of rotatable bonds is 4. The van der Waals surface area contributed by atoms with Crippen molar-refractivity contribution in [2.24, 2.45) is 0 Å². The van der Waals surface area contributed by atoms with Crippen LogP contribution < -0.4 is 0 Å². The van der Waals surface area contributed by atoms with Crippen molar-refractivity contribution >= 4 is 53.4 Å². The van der Waals surface area contributed by atoms with Crippen molar-refractivity contribution in [3.63, 3.8) is 0 Å². The van der Waals surface area contributed by atoms with Gasteiger partial charge in [-0.15, -0.1) is 11.3 Å². The number of hydrogen-bond donors (Lipinski definition) is 0. The van der Waals surface area contributed by atoms with Gasteiger partial charge in [0.2, 0.25) is 0 Å². The molecule has 0 radical (unpaired) electrons. The monoisotopic (exact) mass is 631 g/mol. The molecule has 0 atom stereocenters. The van der Waals surface area contributed by atoms with Crippen LogP contribution in [0.4, 0.5) is 0 Å². The van der Waals surface area contributed by atoms with E-state index in [0.717, 1.165) is 27.5 Å². The smallest absolute Gasteiger partial charge is 0.167 e. The highest BCUT2D eigenvalue weighted by Gasteiger charge is 2.20. The van der Waals surface area contributed by atoms with E-state index in [2.05, 4.69) is 66.7 Å². The van der Waals surface area contributed by atoms with Gasteiger partial charge in [0.1, 0.15) is 11.2 Å². The highest BCUT2D eigenvalue weighted by Crippen LogP contribution is 2.42. The van der Waals surface area contributed by atoms with Gasteiger partial charge in [0.15, 0.2) is 17.5 Å². The molecule has 0 saturated heterocycles. The standard InChI is InChI=1S/C41H21N5OS/c42-22-24-7-3-9-27(19-24)39-44-40(28-10-4-8-25(20-28)23-43)46-41(45-39)32-14-5-13-31-37-29(12-6-15-34(37)47-38(31)32)26-17-18-36-33(21-26)30-11-1-2-16-35(30)48-36/h1-21H. The molecule has 0 fully saturated rings. The molecule has 0 unspecified atom stereocenters. The van der Waals surface area contributed by atoms with Gasteiger partial charge in [0.05, 0.1) is 28.8 Å². The summed E-state index contributed by atoms with van der Waals surface area (Å²) in [4.78, 5) is 14.6. The van der Waals surface area contributed by atoms with E-state index < -0.39 is 0 Å². The average Bonchev–Trinajstić information content (AvgIpc) is 3.73. The number of nitrogens with zero attached hydrogens (tertiary/aromatic N) is 5. The third-order valence-electron chi connectivity index (χ3n) is 8.59. The minimum atomic E-state index is 0.416. The van der Waals surface area contributed by atoms with Gasteiger partial charge in [-0.1, -0.05) is 72.8 Å². The summed E-state index contributed by atoms with van der Waals surface area (Å²) in [5.74, 6) is 1.26. The lowest BCUT2D eigenvalue weighted by atomic mass is 9.97. The third-order valence-corrected chi connectivity index (χ3v) is 9.74. The predicted molar refractivity (Wildman–Crippen MR) is 191 cm³/mol. The van der Waals surface area contributed by atoms with E-state index >= 15 is 0 Å². The van der Waals surface area contributed by atoms with Crippen molar-refractivity contribution in [3.05, 3.63) is 139 Å². The van der Waals surface area contributed by atoms with E-state index in [1.807, 2.05) is 48.5 Å². The molecule has 6 aromatic carbocycles. The lowest BCUT2D eigenvalue weighted by Crippen LogP contribution is -2.00. The lowest BCUT2D eigenvalue weighted by molar-refractivity contribution is 0.669. The maximum absolute atomic E-state index is 9.57. The van der Waals surface area contributed by atoms with E-state index in [-0.39, 0.29) is 0 Å². The molecule has 9 rings (SSSR count). The largest absolute Gasteiger partial charge is 0.455 e. The Hall–Kier alpha value is -6.67. The van der Waals surface area contributed by atoms with Gasteiger partial charge in [-0.2, -0.15) is 10.5 Å². The molecule has 3 heterocycles. The zero-order chi connectivity index (χ0) is 32.2. The van der Waals surface area contributed by atoms with Crippen LogP contribution in [0.1, 0.15) is 11.1 Å².